The summed E-state index contributed by atoms with van der Waals surface area (Å²) in [7, 11) is 0. The SMILES string of the molecule is Cc1nc(-c2c[nH]c(C(=O)Nc3ccnn3Cc3ccc(Cl)c(F)c3)c2)cs1. The predicted octanol–water partition coefficient (Wildman–Crippen LogP) is 4.74. The third-order valence-electron chi connectivity index (χ3n) is 4.12. The maximum atomic E-state index is 13.6. The van der Waals surface area contributed by atoms with Gasteiger partial charge in [-0.25, -0.2) is 14.1 Å². The summed E-state index contributed by atoms with van der Waals surface area (Å²) in [6, 6.07) is 7.99. The number of thiazole rings is 1. The Labute approximate surface area is 169 Å². The van der Waals surface area contributed by atoms with Crippen molar-refractivity contribution in [3.05, 3.63) is 75.2 Å². The van der Waals surface area contributed by atoms with Gasteiger partial charge in [-0.1, -0.05) is 17.7 Å². The summed E-state index contributed by atoms with van der Waals surface area (Å²) in [5.74, 6) is -0.295. The second kappa shape index (κ2) is 7.57. The molecule has 28 heavy (non-hydrogen) atoms. The molecule has 0 saturated carbocycles. The predicted molar refractivity (Wildman–Crippen MR) is 107 cm³/mol. The number of rotatable bonds is 5. The second-order valence-electron chi connectivity index (χ2n) is 6.13. The highest BCUT2D eigenvalue weighted by Gasteiger charge is 2.14. The summed E-state index contributed by atoms with van der Waals surface area (Å²) in [6.45, 7) is 2.23. The molecular weight excluding hydrogens is 401 g/mol. The lowest BCUT2D eigenvalue weighted by atomic mass is 10.2. The number of H-pyrrole nitrogens is 1. The molecule has 0 fully saturated rings. The number of hydrogen-bond donors (Lipinski definition) is 2. The van der Waals surface area contributed by atoms with Crippen molar-refractivity contribution in [2.45, 2.75) is 13.5 Å². The molecule has 0 aliphatic heterocycles. The first-order valence-electron chi connectivity index (χ1n) is 8.37. The average molecular weight is 416 g/mol. The molecule has 142 valence electrons. The molecule has 0 atom stereocenters. The Kier molecular flexibility index (Phi) is 4.97. The van der Waals surface area contributed by atoms with Gasteiger partial charge in [0.1, 0.15) is 17.3 Å². The first-order valence-corrected chi connectivity index (χ1v) is 9.63. The van der Waals surface area contributed by atoms with Crippen molar-refractivity contribution in [3.8, 4) is 11.3 Å². The van der Waals surface area contributed by atoms with Gasteiger partial charge < -0.3 is 10.3 Å². The van der Waals surface area contributed by atoms with Gasteiger partial charge in [-0.3, -0.25) is 4.79 Å². The second-order valence-corrected chi connectivity index (χ2v) is 7.60. The molecule has 4 aromatic rings. The number of benzene rings is 1. The summed E-state index contributed by atoms with van der Waals surface area (Å²) in [6.07, 6.45) is 3.32. The van der Waals surface area contributed by atoms with Crippen LogP contribution < -0.4 is 5.32 Å². The third-order valence-corrected chi connectivity index (χ3v) is 5.20. The van der Waals surface area contributed by atoms with Crippen LogP contribution in [0.3, 0.4) is 0 Å². The lowest BCUT2D eigenvalue weighted by Gasteiger charge is -2.09. The van der Waals surface area contributed by atoms with Crippen molar-refractivity contribution in [2.75, 3.05) is 5.32 Å². The summed E-state index contributed by atoms with van der Waals surface area (Å²) in [5.41, 5.74) is 2.76. The van der Waals surface area contributed by atoms with Crippen LogP contribution in [0.5, 0.6) is 0 Å². The van der Waals surface area contributed by atoms with Crippen LogP contribution in [0.1, 0.15) is 21.1 Å². The number of hydrogen-bond acceptors (Lipinski definition) is 4. The minimum atomic E-state index is -0.493. The largest absolute Gasteiger partial charge is 0.357 e. The molecule has 1 aromatic carbocycles. The number of carbonyl (C=O) groups is 1. The van der Waals surface area contributed by atoms with Gasteiger partial charge >= 0.3 is 0 Å². The van der Waals surface area contributed by atoms with Gasteiger partial charge in [-0.05, 0) is 30.7 Å². The normalized spacial score (nSPS) is 11.0. The van der Waals surface area contributed by atoms with Crippen LogP contribution in [0.2, 0.25) is 5.02 Å². The fourth-order valence-electron chi connectivity index (χ4n) is 2.73. The molecule has 6 nitrogen and oxygen atoms in total. The van der Waals surface area contributed by atoms with Crippen LogP contribution in [-0.4, -0.2) is 25.7 Å². The van der Waals surface area contributed by atoms with Crippen LogP contribution in [0.4, 0.5) is 10.2 Å². The van der Waals surface area contributed by atoms with Crippen LogP contribution in [0.15, 0.2) is 48.1 Å². The van der Waals surface area contributed by atoms with E-state index in [-0.39, 0.29) is 10.9 Å². The maximum Gasteiger partial charge on any atom is 0.273 e. The Bertz CT molecular complexity index is 1150. The molecule has 0 unspecified atom stereocenters. The number of aromatic nitrogens is 4. The molecule has 0 bridgehead atoms. The molecule has 9 heteroatoms. The smallest absolute Gasteiger partial charge is 0.273 e. The Morgan fingerprint density at radius 1 is 1.36 bits per heavy atom. The highest BCUT2D eigenvalue weighted by molar-refractivity contribution is 7.09. The molecule has 1 amide bonds. The lowest BCUT2D eigenvalue weighted by molar-refractivity contribution is 0.102. The number of aromatic amines is 1. The first kappa shape index (κ1) is 18.4. The van der Waals surface area contributed by atoms with Gasteiger partial charge in [0.25, 0.3) is 5.91 Å². The topological polar surface area (TPSA) is 75.6 Å². The summed E-state index contributed by atoms with van der Waals surface area (Å²) in [5, 5.41) is 9.98. The van der Waals surface area contributed by atoms with Crippen molar-refractivity contribution in [1.82, 2.24) is 19.7 Å². The fraction of sp³-hybridized carbons (Fsp3) is 0.105. The molecule has 0 saturated heterocycles. The van der Waals surface area contributed by atoms with Crippen molar-refractivity contribution >= 4 is 34.7 Å². The first-order chi connectivity index (χ1) is 13.5. The molecule has 0 radical (unpaired) electrons. The minimum absolute atomic E-state index is 0.0654. The van der Waals surface area contributed by atoms with E-state index >= 15 is 0 Å². The number of nitrogens with zero attached hydrogens (tertiary/aromatic N) is 3. The molecule has 0 aliphatic carbocycles. The van der Waals surface area contributed by atoms with E-state index in [1.54, 1.807) is 46.6 Å². The molecule has 3 heterocycles. The van der Waals surface area contributed by atoms with Crippen LogP contribution in [-0.2, 0) is 6.54 Å². The van der Waals surface area contributed by atoms with E-state index in [9.17, 15) is 9.18 Å². The Balaban J connectivity index is 1.49. The quantitative estimate of drug-likeness (QED) is 0.494. The highest BCUT2D eigenvalue weighted by atomic mass is 35.5. The molecule has 4 rings (SSSR count). The number of carbonyl (C=O) groups excluding carboxylic acids is 1. The zero-order valence-electron chi connectivity index (χ0n) is 14.7. The molecular formula is C19H15ClFN5OS. The van der Waals surface area contributed by atoms with Gasteiger partial charge in [0.05, 0.1) is 28.5 Å². The van der Waals surface area contributed by atoms with Gasteiger partial charge in [0.15, 0.2) is 0 Å². The van der Waals surface area contributed by atoms with Crippen LogP contribution >= 0.6 is 22.9 Å². The van der Waals surface area contributed by atoms with Crippen LogP contribution in [0, 0.1) is 12.7 Å². The average Bonchev–Trinajstić information content (AvgIpc) is 3.40. The minimum Gasteiger partial charge on any atom is -0.357 e. The van der Waals surface area contributed by atoms with E-state index in [4.69, 9.17) is 11.6 Å². The van der Waals surface area contributed by atoms with E-state index < -0.39 is 5.82 Å². The van der Waals surface area contributed by atoms with Gasteiger partial charge in [0, 0.05) is 23.2 Å². The number of aryl methyl sites for hydroxylation is 1. The lowest BCUT2D eigenvalue weighted by Crippen LogP contribution is -2.16. The van der Waals surface area contributed by atoms with Crippen molar-refractivity contribution in [2.24, 2.45) is 0 Å². The fourth-order valence-corrected chi connectivity index (χ4v) is 3.47. The Morgan fingerprint density at radius 2 is 2.21 bits per heavy atom. The van der Waals surface area contributed by atoms with Gasteiger partial charge in [0.2, 0.25) is 0 Å². The number of nitrogens with one attached hydrogen (secondary N) is 2. The van der Waals surface area contributed by atoms with E-state index in [0.29, 0.717) is 23.6 Å². The van der Waals surface area contributed by atoms with Crippen LogP contribution in [0.25, 0.3) is 11.3 Å². The standard InChI is InChI=1S/C19H15ClFN5OS/c1-11-24-17(10-28-11)13-7-16(22-8-13)19(27)25-18-4-5-23-26(18)9-12-2-3-14(20)15(21)6-12/h2-8,10,22H,9H2,1H3,(H,25,27). The van der Waals surface area contributed by atoms with E-state index in [0.717, 1.165) is 16.3 Å². The van der Waals surface area contributed by atoms with Gasteiger partial charge in [-0.2, -0.15) is 5.10 Å². The maximum absolute atomic E-state index is 13.6. The summed E-state index contributed by atoms with van der Waals surface area (Å²) < 4.78 is 15.2. The van der Waals surface area contributed by atoms with E-state index in [2.05, 4.69) is 20.4 Å². The monoisotopic (exact) mass is 415 g/mol. The highest BCUT2D eigenvalue weighted by Crippen LogP contribution is 2.23. The Hall–Kier alpha value is -2.97. The van der Waals surface area contributed by atoms with E-state index in [1.807, 2.05) is 12.3 Å². The molecule has 2 N–H and O–H groups in total. The van der Waals surface area contributed by atoms with E-state index in [1.165, 1.54) is 12.1 Å². The van der Waals surface area contributed by atoms with Crippen molar-refractivity contribution < 1.29 is 9.18 Å². The Morgan fingerprint density at radius 3 is 2.96 bits per heavy atom. The van der Waals surface area contributed by atoms with Crippen molar-refractivity contribution in [1.29, 1.82) is 0 Å². The number of amides is 1. The van der Waals surface area contributed by atoms with Crippen molar-refractivity contribution in [3.63, 3.8) is 0 Å². The van der Waals surface area contributed by atoms with Gasteiger partial charge in [-0.15, -0.1) is 11.3 Å². The molecule has 0 aliphatic rings. The zero-order valence-corrected chi connectivity index (χ0v) is 16.3. The molecule has 0 spiro atoms. The summed E-state index contributed by atoms with van der Waals surface area (Å²) >= 11 is 7.27. The number of halogens is 2. The summed E-state index contributed by atoms with van der Waals surface area (Å²) in [4.78, 5) is 20.0. The molecule has 3 aromatic heterocycles. The third kappa shape index (κ3) is 3.83. The zero-order chi connectivity index (χ0) is 19.7. The number of anilines is 1.